The predicted molar refractivity (Wildman–Crippen MR) is 132 cm³/mol. The molecule has 34 heavy (non-hydrogen) atoms. The molecular weight excluding hydrogens is 477 g/mol. The lowest BCUT2D eigenvalue weighted by Gasteiger charge is -2.12. The van der Waals surface area contributed by atoms with Gasteiger partial charge in [-0.3, -0.25) is 9.59 Å². The molecule has 0 unspecified atom stereocenters. The van der Waals surface area contributed by atoms with Crippen molar-refractivity contribution < 1.29 is 19.1 Å². The Labute approximate surface area is 206 Å². The van der Waals surface area contributed by atoms with E-state index in [0.717, 1.165) is 0 Å². The van der Waals surface area contributed by atoms with Crippen molar-refractivity contribution >= 4 is 52.5 Å². The van der Waals surface area contributed by atoms with E-state index in [-0.39, 0.29) is 12.2 Å². The third kappa shape index (κ3) is 6.75. The lowest BCUT2D eigenvalue weighted by Crippen LogP contribution is -2.20. The summed E-state index contributed by atoms with van der Waals surface area (Å²) >= 11 is 11.8. The number of halogens is 2. The number of nitriles is 1. The Hall–Kier alpha value is -3.99. The first-order valence-electron chi connectivity index (χ1n) is 9.93. The zero-order valence-corrected chi connectivity index (χ0v) is 19.5. The van der Waals surface area contributed by atoms with Gasteiger partial charge in [0, 0.05) is 11.4 Å². The molecule has 0 atom stereocenters. The second-order valence-electron chi connectivity index (χ2n) is 6.87. The first-order valence-corrected chi connectivity index (χ1v) is 10.7. The van der Waals surface area contributed by atoms with Gasteiger partial charge in [0.15, 0.2) is 18.1 Å². The van der Waals surface area contributed by atoms with Crippen LogP contribution in [0.4, 0.5) is 11.4 Å². The van der Waals surface area contributed by atoms with E-state index in [2.05, 4.69) is 10.6 Å². The fourth-order valence-electron chi connectivity index (χ4n) is 2.84. The first kappa shape index (κ1) is 24.6. The number of para-hydroxylation sites is 1. The third-order valence-corrected chi connectivity index (χ3v) is 5.20. The monoisotopic (exact) mass is 495 g/mol. The Morgan fingerprint density at radius 2 is 1.71 bits per heavy atom. The SMILES string of the molecule is COc1cc(/C=C(\C#N)C(=O)Nc2ccccc2)ccc1OCC(=O)Nc1ccc(Cl)c(Cl)c1. The van der Waals surface area contributed by atoms with Crippen molar-refractivity contribution in [2.45, 2.75) is 0 Å². The van der Waals surface area contributed by atoms with Gasteiger partial charge in [-0.05, 0) is 54.1 Å². The number of nitrogens with zero attached hydrogens (tertiary/aromatic N) is 1. The molecule has 0 aliphatic heterocycles. The first-order chi connectivity index (χ1) is 16.4. The van der Waals surface area contributed by atoms with Crippen LogP contribution in [-0.4, -0.2) is 25.5 Å². The van der Waals surface area contributed by atoms with Crippen molar-refractivity contribution in [3.63, 3.8) is 0 Å². The Kier molecular flexibility index (Phi) is 8.52. The molecule has 0 aliphatic carbocycles. The molecule has 9 heteroatoms. The molecular formula is C25H19Cl2N3O4. The average Bonchev–Trinajstić information content (AvgIpc) is 2.84. The topological polar surface area (TPSA) is 100 Å². The summed E-state index contributed by atoms with van der Waals surface area (Å²) in [5, 5.41) is 15.4. The Balaban J connectivity index is 1.67. The number of amides is 2. The number of methoxy groups -OCH3 is 1. The van der Waals surface area contributed by atoms with E-state index in [4.69, 9.17) is 32.7 Å². The normalized spacial score (nSPS) is 10.7. The average molecular weight is 496 g/mol. The highest BCUT2D eigenvalue weighted by Gasteiger charge is 2.12. The van der Waals surface area contributed by atoms with Crippen LogP contribution in [0.15, 0.2) is 72.3 Å². The number of nitrogens with one attached hydrogen (secondary N) is 2. The smallest absolute Gasteiger partial charge is 0.266 e. The highest BCUT2D eigenvalue weighted by molar-refractivity contribution is 6.42. The molecule has 3 aromatic rings. The van der Waals surface area contributed by atoms with Crippen LogP contribution in [0.1, 0.15) is 5.56 Å². The van der Waals surface area contributed by atoms with Gasteiger partial charge in [-0.1, -0.05) is 47.5 Å². The number of ether oxygens (including phenoxy) is 2. The van der Waals surface area contributed by atoms with Gasteiger partial charge in [-0.2, -0.15) is 5.26 Å². The van der Waals surface area contributed by atoms with Crippen LogP contribution < -0.4 is 20.1 Å². The summed E-state index contributed by atoms with van der Waals surface area (Å²) in [6, 6.07) is 20.3. The van der Waals surface area contributed by atoms with Gasteiger partial charge in [-0.25, -0.2) is 0 Å². The molecule has 2 N–H and O–H groups in total. The van der Waals surface area contributed by atoms with Crippen molar-refractivity contribution in [1.82, 2.24) is 0 Å². The largest absolute Gasteiger partial charge is 0.493 e. The van der Waals surface area contributed by atoms with Crippen molar-refractivity contribution in [1.29, 1.82) is 5.26 Å². The maximum atomic E-state index is 12.4. The number of anilines is 2. The van der Waals surface area contributed by atoms with Gasteiger partial charge in [0.25, 0.3) is 11.8 Å². The molecule has 0 saturated heterocycles. The minimum atomic E-state index is -0.535. The zero-order valence-electron chi connectivity index (χ0n) is 18.0. The van der Waals surface area contributed by atoms with Crippen LogP contribution in [-0.2, 0) is 9.59 Å². The van der Waals surface area contributed by atoms with Crippen LogP contribution in [0.3, 0.4) is 0 Å². The molecule has 0 radical (unpaired) electrons. The zero-order chi connectivity index (χ0) is 24.5. The molecule has 0 aliphatic rings. The fourth-order valence-corrected chi connectivity index (χ4v) is 3.14. The number of hydrogen-bond acceptors (Lipinski definition) is 5. The molecule has 0 aromatic heterocycles. The van der Waals surface area contributed by atoms with E-state index >= 15 is 0 Å². The maximum Gasteiger partial charge on any atom is 0.266 e. The van der Waals surface area contributed by atoms with E-state index in [1.165, 1.54) is 19.3 Å². The molecule has 0 bridgehead atoms. The van der Waals surface area contributed by atoms with Crippen molar-refractivity contribution in [3.05, 3.63) is 87.9 Å². The van der Waals surface area contributed by atoms with Gasteiger partial charge in [-0.15, -0.1) is 0 Å². The molecule has 0 fully saturated rings. The van der Waals surface area contributed by atoms with Crippen molar-refractivity contribution in [2.75, 3.05) is 24.4 Å². The standard InChI is InChI=1S/C25H19Cl2N3O4/c1-33-23-12-16(11-17(14-28)25(32)30-18-5-3-2-4-6-18)7-10-22(23)34-15-24(31)29-19-8-9-20(26)21(27)13-19/h2-13H,15H2,1H3,(H,29,31)(H,30,32)/b17-11+. The lowest BCUT2D eigenvalue weighted by molar-refractivity contribution is -0.118. The van der Waals surface area contributed by atoms with Crippen LogP contribution >= 0.6 is 23.2 Å². The minimum Gasteiger partial charge on any atom is -0.493 e. The quantitative estimate of drug-likeness (QED) is 0.314. The number of carbonyl (C=O) groups excluding carboxylic acids is 2. The third-order valence-electron chi connectivity index (χ3n) is 4.46. The Morgan fingerprint density at radius 3 is 2.38 bits per heavy atom. The molecule has 3 aromatic carbocycles. The van der Waals surface area contributed by atoms with E-state index in [0.29, 0.717) is 38.5 Å². The van der Waals surface area contributed by atoms with E-state index in [1.807, 2.05) is 12.1 Å². The molecule has 0 saturated carbocycles. The van der Waals surface area contributed by atoms with Crippen molar-refractivity contribution in [2.24, 2.45) is 0 Å². The minimum absolute atomic E-state index is 0.0828. The van der Waals surface area contributed by atoms with Gasteiger partial charge in [0.1, 0.15) is 11.6 Å². The molecule has 0 heterocycles. The summed E-state index contributed by atoms with van der Waals surface area (Å²) < 4.78 is 10.9. The summed E-state index contributed by atoms with van der Waals surface area (Å²) in [6.07, 6.45) is 1.43. The van der Waals surface area contributed by atoms with Gasteiger partial charge in [0.2, 0.25) is 0 Å². The number of hydrogen-bond donors (Lipinski definition) is 2. The highest BCUT2D eigenvalue weighted by Crippen LogP contribution is 2.29. The van der Waals surface area contributed by atoms with Crippen LogP contribution in [0, 0.1) is 11.3 Å². The Bertz CT molecular complexity index is 1270. The predicted octanol–water partition coefficient (Wildman–Crippen LogP) is 5.57. The molecule has 2 amide bonds. The number of carbonyl (C=O) groups is 2. The van der Waals surface area contributed by atoms with Crippen molar-refractivity contribution in [3.8, 4) is 17.6 Å². The van der Waals surface area contributed by atoms with E-state index in [9.17, 15) is 14.9 Å². The van der Waals surface area contributed by atoms with Gasteiger partial charge in [0.05, 0.1) is 17.2 Å². The molecule has 172 valence electrons. The summed E-state index contributed by atoms with van der Waals surface area (Å²) in [5.41, 5.74) is 1.52. The van der Waals surface area contributed by atoms with Gasteiger partial charge < -0.3 is 20.1 Å². The lowest BCUT2D eigenvalue weighted by atomic mass is 10.1. The van der Waals surface area contributed by atoms with E-state index < -0.39 is 11.8 Å². The fraction of sp³-hybridized carbons (Fsp3) is 0.0800. The highest BCUT2D eigenvalue weighted by atomic mass is 35.5. The molecule has 0 spiro atoms. The molecule has 7 nitrogen and oxygen atoms in total. The Morgan fingerprint density at radius 1 is 0.941 bits per heavy atom. The summed E-state index contributed by atoms with van der Waals surface area (Å²) in [6.45, 7) is -0.283. The second-order valence-corrected chi connectivity index (χ2v) is 7.68. The molecule has 3 rings (SSSR count). The maximum absolute atomic E-state index is 12.4. The second kappa shape index (κ2) is 11.8. The number of rotatable bonds is 8. The van der Waals surface area contributed by atoms with Gasteiger partial charge >= 0.3 is 0 Å². The van der Waals surface area contributed by atoms with E-state index in [1.54, 1.807) is 54.6 Å². The number of benzene rings is 3. The summed E-state index contributed by atoms with van der Waals surface area (Å²) in [7, 11) is 1.44. The van der Waals surface area contributed by atoms with Crippen LogP contribution in [0.5, 0.6) is 11.5 Å². The van der Waals surface area contributed by atoms with Crippen LogP contribution in [0.2, 0.25) is 10.0 Å². The summed E-state index contributed by atoms with van der Waals surface area (Å²) in [4.78, 5) is 24.6. The van der Waals surface area contributed by atoms with Crippen LogP contribution in [0.25, 0.3) is 6.08 Å². The summed E-state index contributed by atoms with van der Waals surface area (Å²) in [5.74, 6) is -0.297.